The number of hydrogen-bond donors (Lipinski definition) is 1. The Balaban J connectivity index is 1.68. The van der Waals surface area contributed by atoms with E-state index in [-0.39, 0.29) is 5.41 Å². The summed E-state index contributed by atoms with van der Waals surface area (Å²) >= 11 is 9.74. The second-order valence-electron chi connectivity index (χ2n) is 7.24. The topological polar surface area (TPSA) is 24.4 Å². The van der Waals surface area contributed by atoms with Gasteiger partial charge < -0.3 is 5.32 Å². The zero-order chi connectivity index (χ0) is 17.3. The lowest BCUT2D eigenvalue weighted by atomic mass is 9.67. The molecule has 0 unspecified atom stereocenters. The van der Waals surface area contributed by atoms with Crippen LogP contribution < -0.4 is 5.32 Å². The van der Waals surface area contributed by atoms with Gasteiger partial charge >= 0.3 is 0 Å². The molecule has 130 valence electrons. The SMILES string of the molecule is Clc1cccc(CN=C2Nc3ccc(Br)cc3CC23CCCCC3)c1. The minimum atomic E-state index is 0.171. The van der Waals surface area contributed by atoms with Gasteiger partial charge in [-0.3, -0.25) is 4.99 Å². The fraction of sp³-hybridized carbons (Fsp3) is 0.381. The van der Waals surface area contributed by atoms with Crippen molar-refractivity contribution in [2.24, 2.45) is 10.4 Å². The average molecular weight is 418 g/mol. The minimum Gasteiger partial charge on any atom is -0.343 e. The number of benzene rings is 2. The first-order valence-corrected chi connectivity index (χ1v) is 10.2. The predicted molar refractivity (Wildman–Crippen MR) is 110 cm³/mol. The van der Waals surface area contributed by atoms with Crippen LogP contribution in [0, 0.1) is 5.41 Å². The number of anilines is 1. The zero-order valence-electron chi connectivity index (χ0n) is 14.2. The maximum atomic E-state index is 6.12. The van der Waals surface area contributed by atoms with Crippen LogP contribution in [0.3, 0.4) is 0 Å². The van der Waals surface area contributed by atoms with Gasteiger partial charge in [0.1, 0.15) is 5.84 Å². The van der Waals surface area contributed by atoms with Crippen molar-refractivity contribution in [2.75, 3.05) is 5.32 Å². The second kappa shape index (κ2) is 7.13. The maximum absolute atomic E-state index is 6.12. The van der Waals surface area contributed by atoms with Gasteiger partial charge in [0.05, 0.1) is 6.54 Å². The van der Waals surface area contributed by atoms with Crippen LogP contribution in [0.2, 0.25) is 5.02 Å². The smallest absolute Gasteiger partial charge is 0.108 e. The molecule has 0 atom stereocenters. The van der Waals surface area contributed by atoms with E-state index in [9.17, 15) is 0 Å². The number of hydrogen-bond acceptors (Lipinski definition) is 1. The Hall–Kier alpha value is -1.32. The molecule has 1 aliphatic heterocycles. The highest BCUT2D eigenvalue weighted by Gasteiger charge is 2.41. The lowest BCUT2D eigenvalue weighted by Gasteiger charge is -2.42. The summed E-state index contributed by atoms with van der Waals surface area (Å²) in [6, 6.07) is 14.5. The first-order chi connectivity index (χ1) is 12.1. The highest BCUT2D eigenvalue weighted by atomic mass is 79.9. The average Bonchev–Trinajstić information content (AvgIpc) is 2.61. The van der Waals surface area contributed by atoms with Gasteiger partial charge in [-0.15, -0.1) is 0 Å². The van der Waals surface area contributed by atoms with Crippen molar-refractivity contribution in [3.8, 4) is 0 Å². The molecule has 1 saturated carbocycles. The fourth-order valence-corrected chi connectivity index (χ4v) is 4.82. The minimum absolute atomic E-state index is 0.171. The van der Waals surface area contributed by atoms with E-state index in [1.54, 1.807) is 0 Å². The van der Waals surface area contributed by atoms with Crippen LogP contribution in [-0.4, -0.2) is 5.84 Å². The molecule has 1 N–H and O–H groups in total. The Morgan fingerprint density at radius 2 is 1.92 bits per heavy atom. The van der Waals surface area contributed by atoms with Crippen molar-refractivity contribution < 1.29 is 0 Å². The van der Waals surface area contributed by atoms with Gasteiger partial charge in [-0.2, -0.15) is 0 Å². The first kappa shape index (κ1) is 17.1. The Bertz CT molecular complexity index is 809. The Labute approximate surface area is 162 Å². The van der Waals surface area contributed by atoms with Gasteiger partial charge in [0.25, 0.3) is 0 Å². The van der Waals surface area contributed by atoms with Crippen LogP contribution in [0.25, 0.3) is 0 Å². The summed E-state index contributed by atoms with van der Waals surface area (Å²) in [4.78, 5) is 5.03. The Morgan fingerprint density at radius 1 is 1.08 bits per heavy atom. The molecule has 0 amide bonds. The lowest BCUT2D eigenvalue weighted by Crippen LogP contribution is -2.43. The van der Waals surface area contributed by atoms with Crippen molar-refractivity contribution in [3.63, 3.8) is 0 Å². The van der Waals surface area contributed by atoms with E-state index in [0.29, 0.717) is 6.54 Å². The highest BCUT2D eigenvalue weighted by Crippen LogP contribution is 2.45. The molecule has 1 aliphatic carbocycles. The van der Waals surface area contributed by atoms with Crippen LogP contribution in [0.5, 0.6) is 0 Å². The normalized spacial score (nSPS) is 20.3. The summed E-state index contributed by atoms with van der Waals surface area (Å²) in [6.07, 6.45) is 7.46. The van der Waals surface area contributed by atoms with Gasteiger partial charge in [0.15, 0.2) is 0 Å². The van der Waals surface area contributed by atoms with E-state index in [1.165, 1.54) is 49.2 Å². The number of halogens is 2. The number of nitrogens with zero attached hydrogens (tertiary/aromatic N) is 1. The van der Waals surface area contributed by atoms with Gasteiger partial charge in [0, 0.05) is 20.6 Å². The molecule has 2 nitrogen and oxygen atoms in total. The summed E-state index contributed by atoms with van der Waals surface area (Å²) in [5, 5.41) is 4.44. The highest BCUT2D eigenvalue weighted by molar-refractivity contribution is 9.10. The fourth-order valence-electron chi connectivity index (χ4n) is 4.19. The van der Waals surface area contributed by atoms with Crippen molar-refractivity contribution in [2.45, 2.75) is 45.1 Å². The van der Waals surface area contributed by atoms with Crippen molar-refractivity contribution in [3.05, 3.63) is 63.1 Å². The molecule has 0 saturated heterocycles. The Kier molecular flexibility index (Phi) is 4.88. The van der Waals surface area contributed by atoms with Crippen LogP contribution in [0.1, 0.15) is 43.2 Å². The van der Waals surface area contributed by atoms with E-state index in [2.05, 4.69) is 45.5 Å². The molecule has 4 rings (SSSR count). The van der Waals surface area contributed by atoms with E-state index in [1.807, 2.05) is 18.2 Å². The summed E-state index contributed by atoms with van der Waals surface area (Å²) in [6.45, 7) is 0.677. The van der Waals surface area contributed by atoms with Crippen LogP contribution >= 0.6 is 27.5 Å². The summed E-state index contributed by atoms with van der Waals surface area (Å²) in [5.74, 6) is 1.17. The summed E-state index contributed by atoms with van der Waals surface area (Å²) < 4.78 is 1.15. The lowest BCUT2D eigenvalue weighted by molar-refractivity contribution is 0.278. The van der Waals surface area contributed by atoms with Gasteiger partial charge in [-0.05, 0) is 60.7 Å². The molecule has 2 aliphatic rings. The first-order valence-electron chi connectivity index (χ1n) is 8.99. The summed E-state index contributed by atoms with van der Waals surface area (Å²) in [7, 11) is 0. The molecular formula is C21H22BrClN2. The summed E-state index contributed by atoms with van der Waals surface area (Å²) in [5.41, 5.74) is 3.93. The molecule has 1 heterocycles. The number of nitrogens with one attached hydrogen (secondary N) is 1. The quantitative estimate of drug-likeness (QED) is 0.583. The standard InChI is InChI=1S/C21H22BrClN2/c22-17-7-8-19-16(12-17)13-21(9-2-1-3-10-21)20(25-19)24-14-15-5-4-6-18(23)11-15/h4-8,11-12H,1-3,9-10,13-14H2,(H,24,25). The molecule has 1 spiro atoms. The molecule has 1 fully saturated rings. The molecule has 2 aromatic rings. The molecule has 4 heteroatoms. The van der Waals surface area contributed by atoms with Crippen molar-refractivity contribution >= 4 is 39.1 Å². The van der Waals surface area contributed by atoms with Gasteiger partial charge in [-0.1, -0.05) is 58.9 Å². The van der Waals surface area contributed by atoms with Gasteiger partial charge in [0.2, 0.25) is 0 Å². The van der Waals surface area contributed by atoms with Crippen molar-refractivity contribution in [1.29, 1.82) is 0 Å². The molecule has 0 radical (unpaired) electrons. The zero-order valence-corrected chi connectivity index (χ0v) is 16.5. The molecule has 0 bridgehead atoms. The maximum Gasteiger partial charge on any atom is 0.108 e. The predicted octanol–water partition coefficient (Wildman–Crippen LogP) is 6.62. The molecular weight excluding hydrogens is 396 g/mol. The van der Waals surface area contributed by atoms with Crippen LogP contribution in [0.15, 0.2) is 51.9 Å². The number of rotatable bonds is 2. The van der Waals surface area contributed by atoms with E-state index >= 15 is 0 Å². The molecule has 25 heavy (non-hydrogen) atoms. The van der Waals surface area contributed by atoms with Crippen LogP contribution in [-0.2, 0) is 13.0 Å². The number of amidine groups is 1. The van der Waals surface area contributed by atoms with E-state index < -0.39 is 0 Å². The Morgan fingerprint density at radius 3 is 2.72 bits per heavy atom. The second-order valence-corrected chi connectivity index (χ2v) is 8.59. The molecule has 0 aromatic heterocycles. The van der Waals surface area contributed by atoms with Gasteiger partial charge in [-0.25, -0.2) is 0 Å². The largest absolute Gasteiger partial charge is 0.343 e. The molecule has 2 aromatic carbocycles. The third kappa shape index (κ3) is 3.63. The van der Waals surface area contributed by atoms with E-state index in [4.69, 9.17) is 16.6 Å². The number of fused-ring (bicyclic) bond motifs is 1. The number of aliphatic imine (C=N–C) groups is 1. The van der Waals surface area contributed by atoms with Crippen molar-refractivity contribution in [1.82, 2.24) is 0 Å². The third-order valence-electron chi connectivity index (χ3n) is 5.47. The monoisotopic (exact) mass is 416 g/mol. The van der Waals surface area contributed by atoms with Crippen LogP contribution in [0.4, 0.5) is 5.69 Å². The van der Waals surface area contributed by atoms with E-state index in [0.717, 1.165) is 21.5 Å². The third-order valence-corrected chi connectivity index (χ3v) is 6.20.